The second kappa shape index (κ2) is 7.70. The summed E-state index contributed by atoms with van der Waals surface area (Å²) in [6.07, 6.45) is 0. The Hall–Kier alpha value is -2.34. The average molecular weight is 359 g/mol. The van der Waals surface area contributed by atoms with Gasteiger partial charge in [0.1, 0.15) is 11.1 Å². The van der Waals surface area contributed by atoms with Crippen LogP contribution in [0.2, 0.25) is 0 Å². The van der Waals surface area contributed by atoms with Gasteiger partial charge < -0.3 is 19.1 Å². The molecule has 1 aliphatic heterocycles. The van der Waals surface area contributed by atoms with Gasteiger partial charge in [0, 0.05) is 29.5 Å². The van der Waals surface area contributed by atoms with E-state index in [0.717, 1.165) is 11.3 Å². The van der Waals surface area contributed by atoms with E-state index in [2.05, 4.69) is 0 Å². The number of carbonyl (C=O) groups excluding carboxylic acids is 1. The maximum absolute atomic E-state index is 12.9. The maximum Gasteiger partial charge on any atom is 0.255 e. The fourth-order valence-corrected chi connectivity index (χ4v) is 4.20. The summed E-state index contributed by atoms with van der Waals surface area (Å²) in [5, 5.41) is -0.123. The smallest absolute Gasteiger partial charge is 0.255 e. The molecule has 0 spiro atoms. The molecule has 0 bridgehead atoms. The molecule has 1 unspecified atom stereocenters. The molecule has 1 aliphatic rings. The van der Waals surface area contributed by atoms with Crippen molar-refractivity contribution in [3.63, 3.8) is 0 Å². The second-order valence-electron chi connectivity index (χ2n) is 5.54. The molecule has 1 saturated heterocycles. The Morgan fingerprint density at radius 2 is 1.64 bits per heavy atom. The number of hydrogen-bond donors (Lipinski definition) is 0. The summed E-state index contributed by atoms with van der Waals surface area (Å²) in [5.41, 5.74) is 1.60. The van der Waals surface area contributed by atoms with E-state index in [1.807, 2.05) is 41.3 Å². The Labute approximate surface area is 151 Å². The minimum Gasteiger partial charge on any atom is -0.496 e. The first kappa shape index (κ1) is 17.5. The van der Waals surface area contributed by atoms with E-state index in [0.29, 0.717) is 29.4 Å². The third-order valence-electron chi connectivity index (χ3n) is 4.17. The average Bonchev–Trinajstić information content (AvgIpc) is 3.16. The molecule has 132 valence electrons. The third-order valence-corrected chi connectivity index (χ3v) is 5.42. The van der Waals surface area contributed by atoms with Crippen LogP contribution in [0.25, 0.3) is 0 Å². The fraction of sp³-hybridized carbons (Fsp3) is 0.316. The first-order chi connectivity index (χ1) is 12.2. The number of carbonyl (C=O) groups is 1. The zero-order chi connectivity index (χ0) is 17.8. The molecule has 0 aromatic heterocycles. The number of thioether (sulfide) groups is 1. The van der Waals surface area contributed by atoms with Gasteiger partial charge in [0.05, 0.1) is 21.3 Å². The van der Waals surface area contributed by atoms with Gasteiger partial charge in [-0.05, 0) is 18.2 Å². The summed E-state index contributed by atoms with van der Waals surface area (Å²) >= 11 is 1.72. The van der Waals surface area contributed by atoms with Crippen LogP contribution in [0.15, 0.2) is 42.5 Å². The molecule has 1 heterocycles. The molecule has 1 fully saturated rings. The SMILES string of the molecule is COc1cc(OC)c(C2SCCN2C(=O)c2ccccc2)cc1OC. The van der Waals surface area contributed by atoms with Crippen molar-refractivity contribution in [1.82, 2.24) is 4.90 Å². The summed E-state index contributed by atoms with van der Waals surface area (Å²) in [4.78, 5) is 14.8. The highest BCUT2D eigenvalue weighted by Crippen LogP contribution is 2.46. The van der Waals surface area contributed by atoms with E-state index in [4.69, 9.17) is 14.2 Å². The zero-order valence-corrected chi connectivity index (χ0v) is 15.3. The number of benzene rings is 2. The second-order valence-corrected chi connectivity index (χ2v) is 6.72. The predicted octanol–water partition coefficient (Wildman–Crippen LogP) is 3.60. The van der Waals surface area contributed by atoms with Crippen molar-refractivity contribution < 1.29 is 19.0 Å². The number of ether oxygens (including phenoxy) is 3. The van der Waals surface area contributed by atoms with Crippen LogP contribution < -0.4 is 14.2 Å². The van der Waals surface area contributed by atoms with Gasteiger partial charge in [-0.3, -0.25) is 4.79 Å². The van der Waals surface area contributed by atoms with Gasteiger partial charge >= 0.3 is 0 Å². The molecular weight excluding hydrogens is 338 g/mol. The van der Waals surface area contributed by atoms with Crippen LogP contribution in [0.4, 0.5) is 0 Å². The minimum absolute atomic E-state index is 0.0208. The van der Waals surface area contributed by atoms with E-state index in [1.54, 1.807) is 39.2 Å². The van der Waals surface area contributed by atoms with Crippen LogP contribution in [0.1, 0.15) is 21.3 Å². The molecule has 6 heteroatoms. The van der Waals surface area contributed by atoms with Crippen LogP contribution >= 0.6 is 11.8 Å². The van der Waals surface area contributed by atoms with Gasteiger partial charge in [0.25, 0.3) is 5.91 Å². The van der Waals surface area contributed by atoms with Crippen LogP contribution in [0.5, 0.6) is 17.2 Å². The van der Waals surface area contributed by atoms with E-state index >= 15 is 0 Å². The lowest BCUT2D eigenvalue weighted by atomic mass is 10.1. The molecule has 0 radical (unpaired) electrons. The van der Waals surface area contributed by atoms with Gasteiger partial charge in [0.2, 0.25) is 0 Å². The summed E-state index contributed by atoms with van der Waals surface area (Å²) in [7, 11) is 4.81. The monoisotopic (exact) mass is 359 g/mol. The van der Waals surface area contributed by atoms with E-state index in [9.17, 15) is 4.79 Å². The first-order valence-electron chi connectivity index (χ1n) is 7.97. The van der Waals surface area contributed by atoms with Crippen molar-refractivity contribution in [2.45, 2.75) is 5.37 Å². The lowest BCUT2D eigenvalue weighted by Gasteiger charge is -2.26. The van der Waals surface area contributed by atoms with Crippen LogP contribution in [-0.4, -0.2) is 44.4 Å². The molecule has 3 rings (SSSR count). The molecule has 0 saturated carbocycles. The van der Waals surface area contributed by atoms with Crippen molar-refractivity contribution in [2.24, 2.45) is 0 Å². The highest BCUT2D eigenvalue weighted by molar-refractivity contribution is 7.99. The topological polar surface area (TPSA) is 48.0 Å². The lowest BCUT2D eigenvalue weighted by molar-refractivity contribution is 0.0759. The summed E-state index contributed by atoms with van der Waals surface area (Å²) in [6.45, 7) is 0.695. The van der Waals surface area contributed by atoms with E-state index < -0.39 is 0 Å². The first-order valence-corrected chi connectivity index (χ1v) is 9.02. The minimum atomic E-state index is -0.123. The van der Waals surface area contributed by atoms with Gasteiger partial charge in [-0.15, -0.1) is 11.8 Å². The number of rotatable bonds is 5. The summed E-state index contributed by atoms with van der Waals surface area (Å²) in [6, 6.07) is 13.0. The Morgan fingerprint density at radius 3 is 2.28 bits per heavy atom. The molecule has 0 N–H and O–H groups in total. The summed E-state index contributed by atoms with van der Waals surface area (Å²) in [5.74, 6) is 2.81. The Kier molecular flexibility index (Phi) is 5.38. The zero-order valence-electron chi connectivity index (χ0n) is 14.5. The van der Waals surface area contributed by atoms with Gasteiger partial charge in [-0.25, -0.2) is 0 Å². The molecule has 0 aliphatic carbocycles. The predicted molar refractivity (Wildman–Crippen MR) is 98.8 cm³/mol. The summed E-state index contributed by atoms with van der Waals surface area (Å²) < 4.78 is 16.3. The molecule has 2 aromatic carbocycles. The lowest BCUT2D eigenvalue weighted by Crippen LogP contribution is -2.30. The van der Waals surface area contributed by atoms with Crippen LogP contribution in [-0.2, 0) is 0 Å². The Bertz CT molecular complexity index is 751. The molecule has 25 heavy (non-hydrogen) atoms. The number of nitrogens with zero attached hydrogens (tertiary/aromatic N) is 1. The van der Waals surface area contributed by atoms with E-state index in [-0.39, 0.29) is 11.3 Å². The largest absolute Gasteiger partial charge is 0.496 e. The van der Waals surface area contributed by atoms with Crippen molar-refractivity contribution in [3.05, 3.63) is 53.6 Å². The van der Waals surface area contributed by atoms with Gasteiger partial charge in [0.15, 0.2) is 11.5 Å². The van der Waals surface area contributed by atoms with Crippen LogP contribution in [0, 0.1) is 0 Å². The number of hydrogen-bond acceptors (Lipinski definition) is 5. The van der Waals surface area contributed by atoms with Crippen molar-refractivity contribution >= 4 is 17.7 Å². The molecule has 5 nitrogen and oxygen atoms in total. The quantitative estimate of drug-likeness (QED) is 0.816. The highest BCUT2D eigenvalue weighted by Gasteiger charge is 2.34. The van der Waals surface area contributed by atoms with Crippen molar-refractivity contribution in [3.8, 4) is 17.2 Å². The fourth-order valence-electron chi connectivity index (χ4n) is 2.93. The maximum atomic E-state index is 12.9. The molecule has 1 atom stereocenters. The third kappa shape index (κ3) is 3.39. The molecule has 1 amide bonds. The van der Waals surface area contributed by atoms with Crippen molar-refractivity contribution in [2.75, 3.05) is 33.6 Å². The standard InChI is InChI=1S/C19H21NO4S/c1-22-15-12-17(24-3)16(23-2)11-14(15)19-20(9-10-25-19)18(21)13-7-5-4-6-8-13/h4-8,11-12,19H,9-10H2,1-3H3. The van der Waals surface area contributed by atoms with E-state index in [1.165, 1.54) is 0 Å². The molecule has 2 aromatic rings. The normalized spacial score (nSPS) is 16.6. The Balaban J connectivity index is 1.98. The molecular formula is C19H21NO4S. The van der Waals surface area contributed by atoms with Gasteiger partial charge in [-0.2, -0.15) is 0 Å². The van der Waals surface area contributed by atoms with Gasteiger partial charge in [-0.1, -0.05) is 18.2 Å². The highest BCUT2D eigenvalue weighted by atomic mass is 32.2. The van der Waals surface area contributed by atoms with Crippen LogP contribution in [0.3, 0.4) is 0 Å². The van der Waals surface area contributed by atoms with Crippen molar-refractivity contribution in [1.29, 1.82) is 0 Å². The Morgan fingerprint density at radius 1 is 1.00 bits per heavy atom. The number of amides is 1. The number of methoxy groups -OCH3 is 3.